The van der Waals surface area contributed by atoms with E-state index in [2.05, 4.69) is 16.2 Å². The summed E-state index contributed by atoms with van der Waals surface area (Å²) in [5.41, 5.74) is 2.53. The lowest BCUT2D eigenvalue weighted by Gasteiger charge is -2.24. The van der Waals surface area contributed by atoms with Crippen molar-refractivity contribution in [1.29, 1.82) is 5.26 Å². The minimum Gasteiger partial charge on any atom is -0.484 e. The van der Waals surface area contributed by atoms with Crippen LogP contribution in [0.15, 0.2) is 30.5 Å². The maximum atomic E-state index is 14.1. The number of nitriles is 1. The first-order valence-corrected chi connectivity index (χ1v) is 9.90. The van der Waals surface area contributed by atoms with Crippen LogP contribution in [0.4, 0.5) is 4.39 Å². The van der Waals surface area contributed by atoms with Gasteiger partial charge in [-0.1, -0.05) is 0 Å². The molecule has 8 nitrogen and oxygen atoms in total. The highest BCUT2D eigenvalue weighted by Gasteiger charge is 2.27. The van der Waals surface area contributed by atoms with Gasteiger partial charge in [-0.3, -0.25) is 14.3 Å². The first kappa shape index (κ1) is 21.2. The molecular weight excluding hydrogens is 413 g/mol. The van der Waals surface area contributed by atoms with E-state index in [1.807, 2.05) is 0 Å². The summed E-state index contributed by atoms with van der Waals surface area (Å²) in [6.07, 6.45) is 0.730. The van der Waals surface area contributed by atoms with Crippen LogP contribution >= 0.6 is 0 Å². The molecule has 1 aliphatic rings. The lowest BCUT2D eigenvalue weighted by molar-refractivity contribution is 0.0777. The number of fused-ring (bicyclic) bond motifs is 5. The van der Waals surface area contributed by atoms with Crippen LogP contribution in [-0.4, -0.2) is 38.4 Å². The van der Waals surface area contributed by atoms with Crippen LogP contribution < -0.4 is 4.74 Å². The van der Waals surface area contributed by atoms with E-state index in [4.69, 9.17) is 4.74 Å². The van der Waals surface area contributed by atoms with Crippen molar-refractivity contribution in [3.63, 3.8) is 0 Å². The van der Waals surface area contributed by atoms with Crippen molar-refractivity contribution in [3.05, 3.63) is 64.5 Å². The predicted molar refractivity (Wildman–Crippen MR) is 112 cm³/mol. The summed E-state index contributed by atoms with van der Waals surface area (Å²) in [5.74, 6) is -0.989. The maximum Gasteiger partial charge on any atom is 0.254 e. The second-order valence-corrected chi connectivity index (χ2v) is 7.69. The van der Waals surface area contributed by atoms with E-state index in [0.717, 1.165) is 0 Å². The third-order valence-electron chi connectivity index (χ3n) is 5.42. The molecule has 0 spiro atoms. The number of carbonyl (C=O) groups excluding carboxylic acids is 2. The van der Waals surface area contributed by atoms with Crippen LogP contribution in [0.25, 0.3) is 11.1 Å². The Balaban J connectivity index is 2.01. The van der Waals surface area contributed by atoms with Crippen molar-refractivity contribution < 1.29 is 18.7 Å². The Kier molecular flexibility index (Phi) is 5.22. The minimum atomic E-state index is -0.753. The number of aromatic nitrogens is 3. The number of hydrogen-bond donors (Lipinski definition) is 0. The molecule has 0 fully saturated rings. The Hall–Kier alpha value is -4.06. The highest BCUT2D eigenvalue weighted by atomic mass is 19.1. The van der Waals surface area contributed by atoms with Crippen LogP contribution in [0.1, 0.15) is 57.7 Å². The maximum absolute atomic E-state index is 14.1. The Morgan fingerprint density at radius 1 is 1.31 bits per heavy atom. The molecule has 1 atom stereocenters. The molecule has 2 aromatic heterocycles. The summed E-state index contributed by atoms with van der Waals surface area (Å²) in [7, 11) is 3.25. The number of carbonyl (C=O) groups is 2. The van der Waals surface area contributed by atoms with Gasteiger partial charge in [0.1, 0.15) is 35.1 Å². The van der Waals surface area contributed by atoms with Gasteiger partial charge in [-0.05, 0) is 31.2 Å². The van der Waals surface area contributed by atoms with Crippen molar-refractivity contribution in [3.8, 4) is 22.9 Å². The van der Waals surface area contributed by atoms with Gasteiger partial charge in [0.15, 0.2) is 5.78 Å². The fourth-order valence-electron chi connectivity index (χ4n) is 3.88. The van der Waals surface area contributed by atoms with Gasteiger partial charge < -0.3 is 9.64 Å². The number of Topliss-reactive ketones (excluding diaryl/α,β-unsaturated/α-hetero) is 1. The molecule has 1 aromatic carbocycles. The number of aryl methyl sites for hydroxylation is 1. The van der Waals surface area contributed by atoms with E-state index in [-0.39, 0.29) is 40.9 Å². The number of ketones is 1. The van der Waals surface area contributed by atoms with Gasteiger partial charge in [-0.15, -0.1) is 0 Å². The van der Waals surface area contributed by atoms with E-state index in [1.165, 1.54) is 40.9 Å². The number of hydrogen-bond acceptors (Lipinski definition) is 6. The third kappa shape index (κ3) is 3.50. The van der Waals surface area contributed by atoms with E-state index >= 15 is 0 Å². The summed E-state index contributed by atoms with van der Waals surface area (Å²) >= 11 is 0. The third-order valence-corrected chi connectivity index (χ3v) is 5.42. The largest absolute Gasteiger partial charge is 0.484 e. The molecule has 0 saturated heterocycles. The summed E-state index contributed by atoms with van der Waals surface area (Å²) in [4.78, 5) is 31.2. The van der Waals surface area contributed by atoms with Crippen LogP contribution in [0.5, 0.6) is 5.75 Å². The SMILES string of the molecule is CC(=O)c1ncc2cc1O[C@H](C)c1cc(F)ccc1C(=O)N(C)Cc1nn(C)c(C#N)c1-2. The number of nitrogens with zero attached hydrogens (tertiary/aromatic N) is 5. The van der Waals surface area contributed by atoms with Crippen molar-refractivity contribution in [2.75, 3.05) is 7.05 Å². The first-order valence-electron chi connectivity index (χ1n) is 9.90. The Morgan fingerprint density at radius 3 is 2.75 bits per heavy atom. The molecule has 3 aromatic rings. The first-order chi connectivity index (χ1) is 15.2. The summed E-state index contributed by atoms with van der Waals surface area (Å²) in [5, 5.41) is 14.1. The average Bonchev–Trinajstić information content (AvgIpc) is 3.06. The standard InChI is InChI=1S/C23H20FN5O3/c1-12(30)22-20-7-14(10-26-22)21-18(27-29(4)19(21)9-25)11-28(3)23(31)16-6-5-15(24)8-17(16)13(2)32-20/h5-8,10,13H,11H2,1-4H3/t13-/m1/s1. The lowest BCUT2D eigenvalue weighted by atomic mass is 9.99. The molecule has 0 saturated carbocycles. The van der Waals surface area contributed by atoms with Crippen LogP contribution in [0.2, 0.25) is 0 Å². The zero-order valence-electron chi connectivity index (χ0n) is 18.0. The van der Waals surface area contributed by atoms with Gasteiger partial charge >= 0.3 is 0 Å². The molecule has 0 aliphatic carbocycles. The Morgan fingerprint density at radius 2 is 2.06 bits per heavy atom. The smallest absolute Gasteiger partial charge is 0.254 e. The molecule has 1 amide bonds. The van der Waals surface area contributed by atoms with Crippen molar-refractivity contribution in [1.82, 2.24) is 19.7 Å². The highest BCUT2D eigenvalue weighted by molar-refractivity contribution is 5.97. The number of pyridine rings is 1. The zero-order chi connectivity index (χ0) is 23.2. The Bertz CT molecular complexity index is 1310. The molecular formula is C23H20FN5O3. The number of amides is 1. The number of halogens is 1. The normalized spacial score (nSPS) is 15.6. The van der Waals surface area contributed by atoms with E-state index in [9.17, 15) is 19.2 Å². The van der Waals surface area contributed by atoms with Crippen LogP contribution in [0, 0.1) is 17.1 Å². The van der Waals surface area contributed by atoms with Gasteiger partial charge in [0.2, 0.25) is 0 Å². The summed E-state index contributed by atoms with van der Waals surface area (Å²) in [6, 6.07) is 7.65. The summed E-state index contributed by atoms with van der Waals surface area (Å²) in [6.45, 7) is 3.15. The zero-order valence-corrected chi connectivity index (χ0v) is 18.0. The molecule has 3 heterocycles. The minimum absolute atomic E-state index is 0.100. The van der Waals surface area contributed by atoms with E-state index in [1.54, 1.807) is 27.1 Å². The molecule has 1 aliphatic heterocycles. The molecule has 2 bridgehead atoms. The van der Waals surface area contributed by atoms with Crippen LogP contribution in [0.3, 0.4) is 0 Å². The molecule has 162 valence electrons. The fraction of sp³-hybridized carbons (Fsp3) is 0.261. The Labute approximate surface area is 183 Å². The van der Waals surface area contributed by atoms with Gasteiger partial charge in [-0.25, -0.2) is 9.37 Å². The molecule has 0 unspecified atom stereocenters. The second-order valence-electron chi connectivity index (χ2n) is 7.69. The molecule has 4 rings (SSSR count). The number of rotatable bonds is 1. The monoisotopic (exact) mass is 433 g/mol. The van der Waals surface area contributed by atoms with Gasteiger partial charge in [-0.2, -0.15) is 10.4 Å². The van der Waals surface area contributed by atoms with Gasteiger partial charge in [0.05, 0.1) is 12.2 Å². The molecule has 32 heavy (non-hydrogen) atoms. The number of benzene rings is 1. The van der Waals surface area contributed by atoms with Crippen molar-refractivity contribution in [2.24, 2.45) is 7.05 Å². The average molecular weight is 433 g/mol. The quantitative estimate of drug-likeness (QED) is 0.545. The summed E-state index contributed by atoms with van der Waals surface area (Å²) < 4.78 is 21.6. The molecule has 9 heteroatoms. The van der Waals surface area contributed by atoms with Crippen molar-refractivity contribution >= 4 is 11.7 Å². The van der Waals surface area contributed by atoms with E-state index < -0.39 is 11.9 Å². The number of ether oxygens (including phenoxy) is 1. The van der Waals surface area contributed by atoms with Crippen molar-refractivity contribution in [2.45, 2.75) is 26.5 Å². The lowest BCUT2D eigenvalue weighted by Crippen LogP contribution is -2.28. The molecule has 0 N–H and O–H groups in total. The predicted octanol–water partition coefficient (Wildman–Crippen LogP) is 3.42. The fourth-order valence-corrected chi connectivity index (χ4v) is 3.88. The van der Waals surface area contributed by atoms with E-state index in [0.29, 0.717) is 22.4 Å². The van der Waals surface area contributed by atoms with Gasteiger partial charge in [0, 0.05) is 49.5 Å². The topological polar surface area (TPSA) is 101 Å². The second kappa shape index (κ2) is 7.89. The highest BCUT2D eigenvalue weighted by Crippen LogP contribution is 2.35. The van der Waals surface area contributed by atoms with Crippen LogP contribution in [-0.2, 0) is 13.6 Å². The molecule has 0 radical (unpaired) electrons. The van der Waals surface area contributed by atoms with Gasteiger partial charge in [0.25, 0.3) is 5.91 Å².